The lowest BCUT2D eigenvalue weighted by atomic mass is 9.96. The van der Waals surface area contributed by atoms with Crippen LogP contribution < -0.4 is 5.32 Å². The van der Waals surface area contributed by atoms with Crippen LogP contribution in [0, 0.1) is 5.92 Å². The van der Waals surface area contributed by atoms with E-state index in [9.17, 15) is 13.2 Å². The summed E-state index contributed by atoms with van der Waals surface area (Å²) >= 11 is 0. The van der Waals surface area contributed by atoms with E-state index in [1.807, 2.05) is 11.0 Å². The maximum Gasteiger partial charge on any atom is 0.391 e. The Morgan fingerprint density at radius 1 is 1.33 bits per heavy atom. The Balaban J connectivity index is 1.85. The summed E-state index contributed by atoms with van der Waals surface area (Å²) in [6, 6.07) is 2.31. The number of likely N-dealkylation sites (tertiary alicyclic amines) is 1. The molecule has 1 aliphatic heterocycles. The minimum atomic E-state index is -4.05. The van der Waals surface area contributed by atoms with Gasteiger partial charge in [0, 0.05) is 18.2 Å². The highest BCUT2D eigenvalue weighted by Crippen LogP contribution is 2.34. The van der Waals surface area contributed by atoms with E-state index in [1.165, 1.54) is 0 Å². The maximum atomic E-state index is 12.6. The van der Waals surface area contributed by atoms with Crippen LogP contribution in [0.15, 0.2) is 16.7 Å². The van der Waals surface area contributed by atoms with Gasteiger partial charge in [-0.15, -0.1) is 0 Å². The van der Waals surface area contributed by atoms with Gasteiger partial charge in [0.05, 0.1) is 18.7 Å². The largest absolute Gasteiger partial charge is 0.468 e. The second-order valence-corrected chi connectivity index (χ2v) is 6.00. The summed E-state index contributed by atoms with van der Waals surface area (Å²) in [7, 11) is 0. The zero-order valence-electron chi connectivity index (χ0n) is 12.5. The highest BCUT2D eigenvalue weighted by atomic mass is 19.4. The number of alkyl halides is 3. The predicted octanol–water partition coefficient (Wildman–Crippen LogP) is 3.55. The minimum Gasteiger partial charge on any atom is -0.468 e. The summed E-state index contributed by atoms with van der Waals surface area (Å²) in [5.74, 6) is -0.291. The van der Waals surface area contributed by atoms with Crippen LogP contribution in [0.25, 0.3) is 0 Å². The highest BCUT2D eigenvalue weighted by Gasteiger charge is 2.41. The van der Waals surface area contributed by atoms with E-state index in [0.717, 1.165) is 17.9 Å². The Morgan fingerprint density at radius 2 is 2.00 bits per heavy atom. The van der Waals surface area contributed by atoms with Crippen LogP contribution in [-0.2, 0) is 13.1 Å². The van der Waals surface area contributed by atoms with Crippen LogP contribution in [0.4, 0.5) is 13.2 Å². The summed E-state index contributed by atoms with van der Waals surface area (Å²) in [4.78, 5) is 2.04. The molecule has 21 heavy (non-hydrogen) atoms. The second-order valence-electron chi connectivity index (χ2n) is 6.00. The summed E-state index contributed by atoms with van der Waals surface area (Å²) in [5.41, 5.74) is 1.08. The zero-order chi connectivity index (χ0) is 15.5. The van der Waals surface area contributed by atoms with Gasteiger partial charge in [-0.05, 0) is 32.0 Å². The molecular weight excluding hydrogens is 281 g/mol. The van der Waals surface area contributed by atoms with E-state index in [4.69, 9.17) is 4.42 Å². The Bertz CT molecular complexity index is 434. The fourth-order valence-corrected chi connectivity index (χ4v) is 2.60. The summed E-state index contributed by atoms with van der Waals surface area (Å²) in [6.45, 7) is 6.41. The molecule has 0 saturated carbocycles. The summed E-state index contributed by atoms with van der Waals surface area (Å²) in [6.07, 6.45) is -2.04. The lowest BCUT2D eigenvalue weighted by Gasteiger charge is -2.32. The molecule has 3 nitrogen and oxygen atoms in total. The van der Waals surface area contributed by atoms with Gasteiger partial charge in [-0.2, -0.15) is 13.2 Å². The first-order valence-corrected chi connectivity index (χ1v) is 7.44. The molecule has 1 saturated heterocycles. The number of halogens is 3. The Kier molecular flexibility index (Phi) is 5.32. The fourth-order valence-electron chi connectivity index (χ4n) is 2.60. The maximum absolute atomic E-state index is 12.6. The SMILES string of the molecule is CC(C)NCc1ccoc1CN1CCC(C(F)(F)F)CC1. The van der Waals surface area contributed by atoms with Gasteiger partial charge in [-0.3, -0.25) is 4.90 Å². The van der Waals surface area contributed by atoms with Crippen LogP contribution in [0.1, 0.15) is 38.0 Å². The molecule has 2 rings (SSSR count). The van der Waals surface area contributed by atoms with Gasteiger partial charge in [0.25, 0.3) is 0 Å². The van der Waals surface area contributed by atoms with Gasteiger partial charge in [0.15, 0.2) is 0 Å². The molecule has 1 aromatic heterocycles. The van der Waals surface area contributed by atoms with Gasteiger partial charge in [0.1, 0.15) is 5.76 Å². The summed E-state index contributed by atoms with van der Waals surface area (Å²) < 4.78 is 43.4. The number of rotatable bonds is 5. The average Bonchev–Trinajstić information content (AvgIpc) is 2.83. The number of nitrogens with zero attached hydrogens (tertiary/aromatic N) is 1. The molecule has 1 fully saturated rings. The molecule has 1 aromatic rings. The van der Waals surface area contributed by atoms with E-state index in [2.05, 4.69) is 19.2 Å². The molecule has 6 heteroatoms. The third-order valence-electron chi connectivity index (χ3n) is 3.96. The van der Waals surface area contributed by atoms with Crippen molar-refractivity contribution in [2.75, 3.05) is 13.1 Å². The van der Waals surface area contributed by atoms with Crippen molar-refractivity contribution in [3.05, 3.63) is 23.7 Å². The van der Waals surface area contributed by atoms with Gasteiger partial charge in [-0.1, -0.05) is 13.8 Å². The minimum absolute atomic E-state index is 0.184. The monoisotopic (exact) mass is 304 g/mol. The van der Waals surface area contributed by atoms with Crippen molar-refractivity contribution in [3.8, 4) is 0 Å². The molecule has 0 atom stereocenters. The number of nitrogens with one attached hydrogen (secondary N) is 1. The Morgan fingerprint density at radius 3 is 2.57 bits per heavy atom. The molecular formula is C15H23F3N2O. The predicted molar refractivity (Wildman–Crippen MR) is 74.7 cm³/mol. The number of furan rings is 1. The zero-order valence-corrected chi connectivity index (χ0v) is 12.5. The molecule has 0 bridgehead atoms. The van der Waals surface area contributed by atoms with Crippen molar-refractivity contribution in [2.45, 2.75) is 52.0 Å². The molecule has 0 aromatic carbocycles. The first-order valence-electron chi connectivity index (χ1n) is 7.44. The van der Waals surface area contributed by atoms with E-state index in [-0.39, 0.29) is 12.8 Å². The third-order valence-corrected chi connectivity index (χ3v) is 3.96. The van der Waals surface area contributed by atoms with Gasteiger partial charge in [-0.25, -0.2) is 0 Å². The van der Waals surface area contributed by atoms with Crippen LogP contribution in [0.3, 0.4) is 0 Å². The van der Waals surface area contributed by atoms with Gasteiger partial charge < -0.3 is 9.73 Å². The molecule has 120 valence electrons. The van der Waals surface area contributed by atoms with Crippen molar-refractivity contribution < 1.29 is 17.6 Å². The molecule has 0 aliphatic carbocycles. The highest BCUT2D eigenvalue weighted by molar-refractivity contribution is 5.17. The third kappa shape index (κ3) is 4.74. The molecule has 0 spiro atoms. The van der Waals surface area contributed by atoms with E-state index < -0.39 is 12.1 Å². The standard InChI is InChI=1S/C15H23F3N2O/c1-11(2)19-9-12-5-8-21-14(12)10-20-6-3-13(4-7-20)15(16,17)18/h5,8,11,13,19H,3-4,6-7,9-10H2,1-2H3. The quantitative estimate of drug-likeness (QED) is 0.902. The molecule has 0 radical (unpaired) electrons. The van der Waals surface area contributed by atoms with E-state index in [0.29, 0.717) is 25.7 Å². The van der Waals surface area contributed by atoms with Crippen molar-refractivity contribution in [1.82, 2.24) is 10.2 Å². The van der Waals surface area contributed by atoms with Crippen molar-refractivity contribution >= 4 is 0 Å². The number of hydrogen-bond donors (Lipinski definition) is 1. The van der Waals surface area contributed by atoms with Gasteiger partial charge >= 0.3 is 6.18 Å². The van der Waals surface area contributed by atoms with Crippen LogP contribution in [0.2, 0.25) is 0 Å². The van der Waals surface area contributed by atoms with Gasteiger partial charge in [0.2, 0.25) is 0 Å². The molecule has 1 N–H and O–H groups in total. The Hall–Kier alpha value is -1.01. The van der Waals surface area contributed by atoms with Crippen molar-refractivity contribution in [2.24, 2.45) is 5.92 Å². The van der Waals surface area contributed by atoms with E-state index in [1.54, 1.807) is 6.26 Å². The lowest BCUT2D eigenvalue weighted by molar-refractivity contribution is -0.185. The first kappa shape index (κ1) is 16.4. The van der Waals surface area contributed by atoms with Crippen LogP contribution in [-0.4, -0.2) is 30.2 Å². The first-order chi connectivity index (χ1) is 9.86. The Labute approximate surface area is 123 Å². The second kappa shape index (κ2) is 6.83. The smallest absolute Gasteiger partial charge is 0.391 e. The average molecular weight is 304 g/mol. The van der Waals surface area contributed by atoms with E-state index >= 15 is 0 Å². The molecule has 2 heterocycles. The lowest BCUT2D eigenvalue weighted by Crippen LogP contribution is -2.38. The normalized spacial score (nSPS) is 18.6. The topological polar surface area (TPSA) is 28.4 Å². The van der Waals surface area contributed by atoms with Crippen LogP contribution >= 0.6 is 0 Å². The number of piperidine rings is 1. The molecule has 0 unspecified atom stereocenters. The molecule has 1 aliphatic rings. The van der Waals surface area contributed by atoms with Crippen molar-refractivity contribution in [1.29, 1.82) is 0 Å². The number of hydrogen-bond acceptors (Lipinski definition) is 3. The fraction of sp³-hybridized carbons (Fsp3) is 0.733. The summed E-state index contributed by atoms with van der Waals surface area (Å²) in [5, 5.41) is 3.33. The van der Waals surface area contributed by atoms with Crippen LogP contribution in [0.5, 0.6) is 0 Å². The van der Waals surface area contributed by atoms with Crippen molar-refractivity contribution in [3.63, 3.8) is 0 Å². The molecule has 0 amide bonds.